The van der Waals surface area contributed by atoms with Crippen molar-refractivity contribution in [2.45, 2.75) is 32.9 Å². The Morgan fingerprint density at radius 2 is 1.72 bits per heavy atom. The Kier molecular flexibility index (Phi) is 4.60. The Balaban J connectivity index is 0.00000162. The van der Waals surface area contributed by atoms with Crippen molar-refractivity contribution in [1.82, 2.24) is 5.32 Å². The minimum Gasteiger partial charge on any atom is -0.508 e. The molecule has 0 radical (unpaired) electrons. The summed E-state index contributed by atoms with van der Waals surface area (Å²) >= 11 is 0. The maximum Gasteiger partial charge on any atom is 0.120 e. The molecule has 3 heteroatoms. The first-order valence-electron chi connectivity index (χ1n) is 5.92. The lowest BCUT2D eigenvalue weighted by Crippen LogP contribution is -2.35. The second-order valence-electron chi connectivity index (χ2n) is 5.39. The molecule has 0 heterocycles. The van der Waals surface area contributed by atoms with E-state index < -0.39 is 0 Å². The van der Waals surface area contributed by atoms with Crippen LogP contribution in [0.2, 0.25) is 0 Å². The smallest absolute Gasteiger partial charge is 0.120 e. The van der Waals surface area contributed by atoms with Crippen LogP contribution in [0.4, 0.5) is 0 Å². The minimum absolute atomic E-state index is 0. The van der Waals surface area contributed by atoms with Gasteiger partial charge in [0.15, 0.2) is 0 Å². The van der Waals surface area contributed by atoms with Crippen molar-refractivity contribution >= 4 is 23.2 Å². The Labute approximate surface area is 114 Å². The van der Waals surface area contributed by atoms with Gasteiger partial charge in [0, 0.05) is 17.6 Å². The van der Waals surface area contributed by atoms with Crippen LogP contribution in [0.3, 0.4) is 0 Å². The monoisotopic (exact) mass is 265 g/mol. The number of nitrogens with one attached hydrogen (secondary N) is 1. The molecule has 0 unspecified atom stereocenters. The van der Waals surface area contributed by atoms with E-state index in [0.29, 0.717) is 12.3 Å². The normalized spacial score (nSPS) is 11.3. The van der Waals surface area contributed by atoms with Crippen molar-refractivity contribution in [2.75, 3.05) is 0 Å². The van der Waals surface area contributed by atoms with Crippen molar-refractivity contribution < 1.29 is 5.11 Å². The quantitative estimate of drug-likeness (QED) is 0.864. The summed E-state index contributed by atoms with van der Waals surface area (Å²) in [5, 5.41) is 15.7. The summed E-state index contributed by atoms with van der Waals surface area (Å²) in [4.78, 5) is 0. The van der Waals surface area contributed by atoms with Gasteiger partial charge in [-0.05, 0) is 37.6 Å². The van der Waals surface area contributed by atoms with E-state index in [4.69, 9.17) is 0 Å². The summed E-state index contributed by atoms with van der Waals surface area (Å²) in [7, 11) is 0. The number of phenols is 1. The molecule has 0 bridgehead atoms. The highest BCUT2D eigenvalue weighted by Gasteiger charge is 2.12. The second-order valence-corrected chi connectivity index (χ2v) is 5.39. The highest BCUT2D eigenvalue weighted by atomic mass is 35.5. The SMILES string of the molecule is CC(C)(C)NCc1c(O)ccc2ccccc12.Cl. The van der Waals surface area contributed by atoms with Gasteiger partial charge in [0.05, 0.1) is 0 Å². The molecule has 0 atom stereocenters. The molecule has 0 amide bonds. The van der Waals surface area contributed by atoms with Crippen LogP contribution in [0.1, 0.15) is 26.3 Å². The molecule has 2 aromatic carbocycles. The lowest BCUT2D eigenvalue weighted by atomic mass is 10.0. The molecule has 0 aromatic heterocycles. The molecule has 0 fully saturated rings. The third kappa shape index (κ3) is 3.37. The zero-order chi connectivity index (χ0) is 12.5. The van der Waals surface area contributed by atoms with E-state index in [2.05, 4.69) is 38.2 Å². The molecule has 2 nitrogen and oxygen atoms in total. The van der Waals surface area contributed by atoms with E-state index in [9.17, 15) is 5.11 Å². The summed E-state index contributed by atoms with van der Waals surface area (Å²) in [6, 6.07) is 11.8. The van der Waals surface area contributed by atoms with Crippen LogP contribution in [0.15, 0.2) is 36.4 Å². The van der Waals surface area contributed by atoms with E-state index in [0.717, 1.165) is 16.3 Å². The molecule has 0 spiro atoms. The van der Waals surface area contributed by atoms with Gasteiger partial charge in [-0.15, -0.1) is 12.4 Å². The molecule has 98 valence electrons. The molecule has 0 aliphatic heterocycles. The van der Waals surface area contributed by atoms with Gasteiger partial charge in [-0.1, -0.05) is 30.3 Å². The first-order valence-corrected chi connectivity index (χ1v) is 5.92. The number of hydrogen-bond donors (Lipinski definition) is 2. The molecular formula is C15H20ClNO. The summed E-state index contributed by atoms with van der Waals surface area (Å²) in [6.45, 7) is 7.04. The summed E-state index contributed by atoms with van der Waals surface area (Å²) in [5.41, 5.74) is 1.02. The maximum absolute atomic E-state index is 9.97. The van der Waals surface area contributed by atoms with Gasteiger partial charge in [-0.2, -0.15) is 0 Å². The van der Waals surface area contributed by atoms with Crippen LogP contribution >= 0.6 is 12.4 Å². The lowest BCUT2D eigenvalue weighted by Gasteiger charge is -2.21. The first kappa shape index (κ1) is 14.8. The number of aromatic hydroxyl groups is 1. The van der Waals surface area contributed by atoms with E-state index in [-0.39, 0.29) is 17.9 Å². The number of fused-ring (bicyclic) bond motifs is 1. The number of hydrogen-bond acceptors (Lipinski definition) is 2. The van der Waals surface area contributed by atoms with Gasteiger partial charge < -0.3 is 10.4 Å². The molecule has 0 saturated carbocycles. The molecule has 0 aliphatic carbocycles. The fourth-order valence-electron chi connectivity index (χ4n) is 1.86. The van der Waals surface area contributed by atoms with Gasteiger partial charge in [-0.3, -0.25) is 0 Å². The van der Waals surface area contributed by atoms with Gasteiger partial charge in [0.2, 0.25) is 0 Å². The van der Waals surface area contributed by atoms with Crippen LogP contribution in [-0.2, 0) is 6.54 Å². The topological polar surface area (TPSA) is 32.3 Å². The predicted octanol–water partition coefficient (Wildman–Crippen LogP) is 3.86. The molecule has 2 N–H and O–H groups in total. The van der Waals surface area contributed by atoms with Crippen molar-refractivity contribution in [3.8, 4) is 5.75 Å². The first-order chi connectivity index (χ1) is 7.97. The maximum atomic E-state index is 9.97. The predicted molar refractivity (Wildman–Crippen MR) is 79.5 cm³/mol. The molecule has 18 heavy (non-hydrogen) atoms. The minimum atomic E-state index is 0. The molecule has 0 saturated heterocycles. The standard InChI is InChI=1S/C15H19NO.ClH/c1-15(2,3)16-10-13-12-7-5-4-6-11(12)8-9-14(13)17;/h4-9,16-17H,10H2,1-3H3;1H. The fourth-order valence-corrected chi connectivity index (χ4v) is 1.86. The summed E-state index contributed by atoms with van der Waals surface area (Å²) in [6.07, 6.45) is 0. The third-order valence-corrected chi connectivity index (χ3v) is 2.81. The average Bonchev–Trinajstić information content (AvgIpc) is 2.26. The zero-order valence-electron chi connectivity index (χ0n) is 11.0. The van der Waals surface area contributed by atoms with Gasteiger partial charge in [0.25, 0.3) is 0 Å². The van der Waals surface area contributed by atoms with Crippen LogP contribution in [0.25, 0.3) is 10.8 Å². The van der Waals surface area contributed by atoms with E-state index >= 15 is 0 Å². The lowest BCUT2D eigenvalue weighted by molar-refractivity contribution is 0.413. The highest BCUT2D eigenvalue weighted by Crippen LogP contribution is 2.27. The molecular weight excluding hydrogens is 246 g/mol. The number of benzene rings is 2. The van der Waals surface area contributed by atoms with Crippen molar-refractivity contribution in [1.29, 1.82) is 0 Å². The van der Waals surface area contributed by atoms with E-state index in [1.807, 2.05) is 18.2 Å². The number of rotatable bonds is 2. The van der Waals surface area contributed by atoms with Crippen molar-refractivity contribution in [3.63, 3.8) is 0 Å². The third-order valence-electron chi connectivity index (χ3n) is 2.81. The Hall–Kier alpha value is -1.25. The largest absolute Gasteiger partial charge is 0.508 e. The van der Waals surface area contributed by atoms with Gasteiger partial charge >= 0.3 is 0 Å². The summed E-state index contributed by atoms with van der Waals surface area (Å²) in [5.74, 6) is 0.362. The van der Waals surface area contributed by atoms with E-state index in [1.54, 1.807) is 6.07 Å². The summed E-state index contributed by atoms with van der Waals surface area (Å²) < 4.78 is 0. The number of phenolic OH excluding ortho intramolecular Hbond substituents is 1. The van der Waals surface area contributed by atoms with Crippen molar-refractivity contribution in [3.05, 3.63) is 42.0 Å². The second kappa shape index (κ2) is 5.59. The average molecular weight is 266 g/mol. The van der Waals surface area contributed by atoms with Gasteiger partial charge in [-0.25, -0.2) is 0 Å². The van der Waals surface area contributed by atoms with Crippen LogP contribution in [-0.4, -0.2) is 10.6 Å². The number of halogens is 1. The van der Waals surface area contributed by atoms with Crippen molar-refractivity contribution in [2.24, 2.45) is 0 Å². The highest BCUT2D eigenvalue weighted by molar-refractivity contribution is 5.87. The Morgan fingerprint density at radius 1 is 1.06 bits per heavy atom. The molecule has 2 rings (SSSR count). The van der Waals surface area contributed by atoms with Crippen LogP contribution in [0.5, 0.6) is 5.75 Å². The van der Waals surface area contributed by atoms with Gasteiger partial charge in [0.1, 0.15) is 5.75 Å². The fraction of sp³-hybridized carbons (Fsp3) is 0.333. The Bertz CT molecular complexity index is 531. The van der Waals surface area contributed by atoms with Crippen LogP contribution < -0.4 is 5.32 Å². The molecule has 2 aromatic rings. The molecule has 0 aliphatic rings. The zero-order valence-corrected chi connectivity index (χ0v) is 11.8. The Morgan fingerprint density at radius 3 is 2.39 bits per heavy atom. The van der Waals surface area contributed by atoms with Crippen LogP contribution in [0, 0.1) is 0 Å². The van der Waals surface area contributed by atoms with E-state index in [1.165, 1.54) is 0 Å².